The molecule has 1 rings (SSSR count). The van der Waals surface area contributed by atoms with Crippen molar-refractivity contribution in [1.29, 1.82) is 5.26 Å². The molecule has 0 unspecified atom stereocenters. The van der Waals surface area contributed by atoms with Gasteiger partial charge in [0.15, 0.2) is 0 Å². The van der Waals surface area contributed by atoms with Crippen molar-refractivity contribution >= 4 is 28.2 Å². The molecule has 0 radical (unpaired) electrons. The summed E-state index contributed by atoms with van der Waals surface area (Å²) in [5, 5.41) is 22.6. The van der Waals surface area contributed by atoms with Crippen LogP contribution in [0, 0.1) is 11.3 Å². The second kappa shape index (κ2) is 8.39. The van der Waals surface area contributed by atoms with Gasteiger partial charge in [0.2, 0.25) is 5.91 Å². The molecule has 0 bridgehead atoms. The lowest BCUT2D eigenvalue weighted by Crippen LogP contribution is -2.35. The van der Waals surface area contributed by atoms with E-state index in [0.29, 0.717) is 23.7 Å². The fourth-order valence-electron chi connectivity index (χ4n) is 1.80. The Kier molecular flexibility index (Phi) is 6.85. The van der Waals surface area contributed by atoms with Crippen LogP contribution < -0.4 is 5.32 Å². The van der Waals surface area contributed by atoms with E-state index in [1.54, 1.807) is 11.4 Å². The van der Waals surface area contributed by atoms with Crippen LogP contribution in [-0.4, -0.2) is 41.0 Å². The molecule has 1 aromatic heterocycles. The van der Waals surface area contributed by atoms with Gasteiger partial charge in [0.1, 0.15) is 11.1 Å². The monoisotopic (exact) mass is 309 g/mol. The van der Waals surface area contributed by atoms with E-state index in [1.165, 1.54) is 11.3 Å². The van der Waals surface area contributed by atoms with Gasteiger partial charge < -0.3 is 10.4 Å². The predicted octanol–water partition coefficient (Wildman–Crippen LogP) is 2.13. The second-order valence-electron chi connectivity index (χ2n) is 4.85. The molecular weight excluding hydrogens is 290 g/mol. The number of carbonyl (C=O) groups is 2. The van der Waals surface area contributed by atoms with E-state index in [9.17, 15) is 9.59 Å². The molecule has 1 amide bonds. The molecule has 114 valence electrons. The summed E-state index contributed by atoms with van der Waals surface area (Å²) in [6, 6.07) is 3.85. The zero-order valence-corrected chi connectivity index (χ0v) is 12.9. The first-order chi connectivity index (χ1) is 9.93. The zero-order chi connectivity index (χ0) is 15.8. The first-order valence-corrected chi connectivity index (χ1v) is 7.55. The van der Waals surface area contributed by atoms with E-state index < -0.39 is 5.97 Å². The topological polar surface area (TPSA) is 93.4 Å². The number of carboxylic acid groups (broad SMARTS) is 1. The number of hydrogen-bond donors (Lipinski definition) is 2. The number of carboxylic acids is 1. The van der Waals surface area contributed by atoms with Crippen LogP contribution in [0.2, 0.25) is 0 Å². The van der Waals surface area contributed by atoms with E-state index in [-0.39, 0.29) is 24.8 Å². The minimum Gasteiger partial charge on any atom is -0.481 e. The number of rotatable bonds is 8. The highest BCUT2D eigenvalue weighted by molar-refractivity contribution is 7.14. The van der Waals surface area contributed by atoms with Crippen LogP contribution in [0.25, 0.3) is 0 Å². The summed E-state index contributed by atoms with van der Waals surface area (Å²) in [5.41, 5.74) is 0.458. The number of anilines is 1. The zero-order valence-electron chi connectivity index (χ0n) is 12.1. The molecule has 7 heteroatoms. The third-order valence-corrected chi connectivity index (χ3v) is 3.84. The Bertz CT molecular complexity index is 534. The van der Waals surface area contributed by atoms with Gasteiger partial charge in [-0.1, -0.05) is 0 Å². The Labute approximate surface area is 128 Å². The Morgan fingerprint density at radius 1 is 1.43 bits per heavy atom. The standard InChI is InChI=1S/C14H19N3O3S/c1-10(2)17(7-4-13(19)20)6-3-12(18)16-14-11(9-15)5-8-21-14/h5,8,10H,3-4,6-7H2,1-2H3,(H,16,18)(H,19,20). The normalized spacial score (nSPS) is 10.6. The minimum atomic E-state index is -0.845. The van der Waals surface area contributed by atoms with Gasteiger partial charge in [0.25, 0.3) is 0 Å². The smallest absolute Gasteiger partial charge is 0.304 e. The van der Waals surface area contributed by atoms with Crippen molar-refractivity contribution in [3.8, 4) is 6.07 Å². The summed E-state index contributed by atoms with van der Waals surface area (Å²) in [4.78, 5) is 24.5. The van der Waals surface area contributed by atoms with Crippen LogP contribution in [0.15, 0.2) is 11.4 Å². The van der Waals surface area contributed by atoms with Crippen molar-refractivity contribution in [2.75, 3.05) is 18.4 Å². The molecule has 0 saturated carbocycles. The number of thiophene rings is 1. The third-order valence-electron chi connectivity index (χ3n) is 3.01. The molecule has 2 N–H and O–H groups in total. The minimum absolute atomic E-state index is 0.0588. The lowest BCUT2D eigenvalue weighted by molar-refractivity contribution is -0.137. The van der Waals surface area contributed by atoms with Gasteiger partial charge in [-0.25, -0.2) is 0 Å². The van der Waals surface area contributed by atoms with Gasteiger partial charge in [-0.05, 0) is 25.3 Å². The Balaban J connectivity index is 2.46. The molecule has 0 aromatic carbocycles. The molecule has 0 spiro atoms. The first kappa shape index (κ1) is 17.1. The SMILES string of the molecule is CC(C)N(CCC(=O)O)CCC(=O)Nc1sccc1C#N. The predicted molar refractivity (Wildman–Crippen MR) is 81.2 cm³/mol. The van der Waals surface area contributed by atoms with E-state index in [1.807, 2.05) is 24.8 Å². The average molecular weight is 309 g/mol. The lowest BCUT2D eigenvalue weighted by Gasteiger charge is -2.25. The van der Waals surface area contributed by atoms with Crippen LogP contribution in [0.3, 0.4) is 0 Å². The van der Waals surface area contributed by atoms with Crippen molar-refractivity contribution in [2.24, 2.45) is 0 Å². The Hall–Kier alpha value is -1.91. The highest BCUT2D eigenvalue weighted by Crippen LogP contribution is 2.22. The van der Waals surface area contributed by atoms with E-state index >= 15 is 0 Å². The van der Waals surface area contributed by atoms with E-state index in [0.717, 1.165) is 0 Å². The molecule has 1 heterocycles. The third kappa shape index (κ3) is 5.94. The van der Waals surface area contributed by atoms with Crippen molar-refractivity contribution in [3.63, 3.8) is 0 Å². The Morgan fingerprint density at radius 2 is 2.10 bits per heavy atom. The molecule has 0 aliphatic rings. The van der Waals surface area contributed by atoms with Crippen LogP contribution in [0.4, 0.5) is 5.00 Å². The quantitative estimate of drug-likeness (QED) is 0.767. The van der Waals surface area contributed by atoms with Gasteiger partial charge in [-0.2, -0.15) is 5.26 Å². The van der Waals surface area contributed by atoms with Crippen LogP contribution >= 0.6 is 11.3 Å². The summed E-state index contributed by atoms with van der Waals surface area (Å²) in [6.07, 6.45) is 0.323. The van der Waals surface area contributed by atoms with E-state index in [2.05, 4.69) is 5.32 Å². The lowest BCUT2D eigenvalue weighted by atomic mass is 10.2. The molecule has 0 fully saturated rings. The van der Waals surface area contributed by atoms with Gasteiger partial charge >= 0.3 is 5.97 Å². The number of carbonyl (C=O) groups excluding carboxylic acids is 1. The molecule has 1 aromatic rings. The molecule has 21 heavy (non-hydrogen) atoms. The first-order valence-electron chi connectivity index (χ1n) is 6.67. The van der Waals surface area contributed by atoms with Gasteiger partial charge in [-0.15, -0.1) is 11.3 Å². The molecule has 0 saturated heterocycles. The summed E-state index contributed by atoms with van der Waals surface area (Å²) in [7, 11) is 0. The van der Waals surface area contributed by atoms with Crippen molar-refractivity contribution in [2.45, 2.75) is 32.7 Å². The Morgan fingerprint density at radius 3 is 2.67 bits per heavy atom. The molecule has 0 aliphatic heterocycles. The number of nitriles is 1. The van der Waals surface area contributed by atoms with Crippen molar-refractivity contribution < 1.29 is 14.7 Å². The number of nitrogens with zero attached hydrogens (tertiary/aromatic N) is 2. The summed E-state index contributed by atoms with van der Waals surface area (Å²) in [6.45, 7) is 4.84. The molecular formula is C14H19N3O3S. The molecule has 0 aliphatic carbocycles. The highest BCUT2D eigenvalue weighted by Gasteiger charge is 2.14. The maximum atomic E-state index is 11.9. The van der Waals surface area contributed by atoms with E-state index in [4.69, 9.17) is 10.4 Å². The molecule has 0 atom stereocenters. The maximum Gasteiger partial charge on any atom is 0.304 e. The fraction of sp³-hybridized carbons (Fsp3) is 0.500. The fourth-order valence-corrected chi connectivity index (χ4v) is 2.55. The number of amides is 1. The summed E-state index contributed by atoms with van der Waals surface area (Å²) < 4.78 is 0. The highest BCUT2D eigenvalue weighted by atomic mass is 32.1. The summed E-state index contributed by atoms with van der Waals surface area (Å²) in [5.74, 6) is -1.02. The largest absolute Gasteiger partial charge is 0.481 e. The average Bonchev–Trinajstić information content (AvgIpc) is 2.85. The van der Waals surface area contributed by atoms with Crippen molar-refractivity contribution in [1.82, 2.24) is 4.90 Å². The van der Waals surface area contributed by atoms with Gasteiger partial charge in [-0.3, -0.25) is 14.5 Å². The summed E-state index contributed by atoms with van der Waals surface area (Å²) >= 11 is 1.31. The van der Waals surface area contributed by atoms with Crippen LogP contribution in [-0.2, 0) is 9.59 Å². The number of hydrogen-bond acceptors (Lipinski definition) is 5. The number of nitrogens with one attached hydrogen (secondary N) is 1. The maximum absolute atomic E-state index is 11.9. The van der Waals surface area contributed by atoms with Gasteiger partial charge in [0, 0.05) is 25.6 Å². The van der Waals surface area contributed by atoms with Crippen LogP contribution in [0.1, 0.15) is 32.3 Å². The second-order valence-corrected chi connectivity index (χ2v) is 5.76. The molecule has 6 nitrogen and oxygen atoms in total. The van der Waals surface area contributed by atoms with Crippen molar-refractivity contribution in [3.05, 3.63) is 17.0 Å². The van der Waals surface area contributed by atoms with Gasteiger partial charge in [0.05, 0.1) is 12.0 Å². The number of aliphatic carboxylic acids is 1. The van der Waals surface area contributed by atoms with Crippen LogP contribution in [0.5, 0.6) is 0 Å².